The molecule has 2 rings (SSSR count). The summed E-state index contributed by atoms with van der Waals surface area (Å²) in [7, 11) is -2.68. The number of hydrogen-bond acceptors (Lipinski definition) is 8. The number of aromatic amines is 1. The topological polar surface area (TPSA) is 154 Å². The Morgan fingerprint density at radius 3 is 2.67 bits per heavy atom. The minimum atomic E-state index is -2.68. The second kappa shape index (κ2) is 6.28. The Balaban J connectivity index is 2.23. The molecule has 0 unspecified atom stereocenters. The first-order valence-corrected chi connectivity index (χ1v) is 6.81. The maximum atomic E-state index is 13.2. The van der Waals surface area contributed by atoms with Crippen LogP contribution in [0.5, 0.6) is 0 Å². The molecule has 0 bridgehead atoms. The predicted molar refractivity (Wildman–Crippen MR) is 64.5 cm³/mol. The van der Waals surface area contributed by atoms with Crippen LogP contribution in [0.3, 0.4) is 0 Å². The standard InChI is InChI=1S/C9H12FN2O8P/c10-3-1-12(9(16)11-7(3)15)8-6(14)5(13)4(20-8)2-19-21(17)18/h1,4-6,8,13-14,17-18H,2H2,(H,11,15,16)/t4-,5-,6-,8-/m1/s1. The van der Waals surface area contributed by atoms with Crippen molar-refractivity contribution in [3.05, 3.63) is 32.9 Å². The number of aliphatic hydroxyl groups is 2. The van der Waals surface area contributed by atoms with Crippen molar-refractivity contribution in [1.29, 1.82) is 0 Å². The van der Waals surface area contributed by atoms with Gasteiger partial charge in [0.25, 0.3) is 5.56 Å². The van der Waals surface area contributed by atoms with E-state index in [0.717, 1.165) is 0 Å². The Morgan fingerprint density at radius 2 is 2.05 bits per heavy atom. The van der Waals surface area contributed by atoms with E-state index in [9.17, 15) is 24.2 Å². The molecule has 10 nitrogen and oxygen atoms in total. The number of nitrogens with one attached hydrogen (secondary N) is 1. The van der Waals surface area contributed by atoms with Crippen molar-refractivity contribution in [2.75, 3.05) is 6.61 Å². The van der Waals surface area contributed by atoms with Gasteiger partial charge in [-0.25, -0.2) is 4.79 Å². The Labute approximate surface area is 117 Å². The fourth-order valence-electron chi connectivity index (χ4n) is 1.89. The average molecular weight is 326 g/mol. The molecule has 2 heterocycles. The molecule has 5 N–H and O–H groups in total. The van der Waals surface area contributed by atoms with Crippen molar-refractivity contribution in [2.45, 2.75) is 24.5 Å². The summed E-state index contributed by atoms with van der Waals surface area (Å²) in [5.41, 5.74) is -2.26. The zero-order valence-electron chi connectivity index (χ0n) is 10.3. The lowest BCUT2D eigenvalue weighted by Crippen LogP contribution is -2.38. The molecule has 12 heteroatoms. The lowest BCUT2D eigenvalue weighted by molar-refractivity contribution is -0.0530. The molecule has 0 radical (unpaired) electrons. The third-order valence-electron chi connectivity index (χ3n) is 2.89. The Bertz CT molecular complexity index is 619. The van der Waals surface area contributed by atoms with Crippen LogP contribution >= 0.6 is 8.60 Å². The summed E-state index contributed by atoms with van der Waals surface area (Å²) in [5, 5.41) is 19.5. The van der Waals surface area contributed by atoms with Crippen LogP contribution in [0.1, 0.15) is 6.23 Å². The summed E-state index contributed by atoms with van der Waals surface area (Å²) in [6, 6.07) is 0. The largest absolute Gasteiger partial charge is 0.387 e. The van der Waals surface area contributed by atoms with Crippen molar-refractivity contribution in [3.8, 4) is 0 Å². The van der Waals surface area contributed by atoms with Crippen LogP contribution < -0.4 is 11.2 Å². The highest BCUT2D eigenvalue weighted by molar-refractivity contribution is 7.39. The van der Waals surface area contributed by atoms with Gasteiger partial charge in [-0.1, -0.05) is 0 Å². The number of aromatic nitrogens is 2. The number of nitrogens with zero attached hydrogens (tertiary/aromatic N) is 1. The second-order valence-electron chi connectivity index (χ2n) is 4.24. The molecule has 1 aliphatic rings. The lowest BCUT2D eigenvalue weighted by atomic mass is 10.1. The number of H-pyrrole nitrogens is 1. The fourth-order valence-corrected chi connectivity index (χ4v) is 2.17. The average Bonchev–Trinajstić information content (AvgIpc) is 2.68. The van der Waals surface area contributed by atoms with E-state index in [4.69, 9.17) is 14.5 Å². The van der Waals surface area contributed by atoms with E-state index in [0.29, 0.717) is 10.8 Å². The summed E-state index contributed by atoms with van der Waals surface area (Å²) in [6.45, 7) is -0.464. The van der Waals surface area contributed by atoms with Gasteiger partial charge in [-0.3, -0.25) is 14.3 Å². The van der Waals surface area contributed by atoms with Crippen LogP contribution in [0.15, 0.2) is 15.8 Å². The van der Waals surface area contributed by atoms with Gasteiger partial charge in [0.2, 0.25) is 5.82 Å². The van der Waals surface area contributed by atoms with Crippen molar-refractivity contribution in [1.82, 2.24) is 9.55 Å². The van der Waals surface area contributed by atoms with Crippen molar-refractivity contribution >= 4 is 8.60 Å². The van der Waals surface area contributed by atoms with E-state index in [2.05, 4.69) is 4.52 Å². The summed E-state index contributed by atoms with van der Waals surface area (Å²) in [4.78, 5) is 41.4. The molecule has 1 aromatic heterocycles. The van der Waals surface area contributed by atoms with Crippen LogP contribution in [0.2, 0.25) is 0 Å². The zero-order chi connectivity index (χ0) is 15.7. The molecule has 1 saturated heterocycles. The predicted octanol–water partition coefficient (Wildman–Crippen LogP) is -2.48. The zero-order valence-corrected chi connectivity index (χ0v) is 11.2. The molecule has 0 aromatic carbocycles. The minimum Gasteiger partial charge on any atom is -0.387 e. The Hall–Kier alpha value is -1.20. The first-order chi connectivity index (χ1) is 9.81. The van der Waals surface area contributed by atoms with Crippen molar-refractivity contribution in [3.63, 3.8) is 0 Å². The molecule has 0 saturated carbocycles. The smallest absolute Gasteiger partial charge is 0.330 e. The van der Waals surface area contributed by atoms with Crippen LogP contribution in [0, 0.1) is 5.82 Å². The van der Waals surface area contributed by atoms with Gasteiger partial charge in [0, 0.05) is 0 Å². The second-order valence-corrected chi connectivity index (χ2v) is 5.00. The van der Waals surface area contributed by atoms with E-state index in [1.807, 2.05) is 0 Å². The summed E-state index contributed by atoms with van der Waals surface area (Å²) in [5.74, 6) is -1.27. The maximum Gasteiger partial charge on any atom is 0.330 e. The van der Waals surface area contributed by atoms with E-state index in [1.54, 1.807) is 4.98 Å². The molecule has 21 heavy (non-hydrogen) atoms. The van der Waals surface area contributed by atoms with Crippen molar-refractivity contribution in [2.24, 2.45) is 0 Å². The van der Waals surface area contributed by atoms with Crippen LogP contribution in [-0.4, -0.2) is 54.5 Å². The first kappa shape index (κ1) is 16.2. The highest BCUT2D eigenvalue weighted by Gasteiger charge is 2.44. The lowest BCUT2D eigenvalue weighted by Gasteiger charge is -2.16. The molecule has 0 aliphatic carbocycles. The molecule has 0 spiro atoms. The van der Waals surface area contributed by atoms with Crippen LogP contribution in [0.4, 0.5) is 4.39 Å². The monoisotopic (exact) mass is 326 g/mol. The first-order valence-electron chi connectivity index (χ1n) is 5.64. The molecular formula is C9H12FN2O8P. The summed E-state index contributed by atoms with van der Waals surface area (Å²) in [6.07, 6.45) is -5.21. The number of ether oxygens (including phenoxy) is 1. The van der Waals surface area contributed by atoms with Crippen molar-refractivity contribution < 1.29 is 33.7 Å². The molecule has 1 fully saturated rings. The SMILES string of the molecule is O=c1[nH]c(=O)n([C@@H]2O[C@H](COP(O)O)[C@@H](O)[C@H]2O)cc1F. The van der Waals surface area contributed by atoms with Gasteiger partial charge in [0.05, 0.1) is 12.8 Å². The number of hydrogen-bond donors (Lipinski definition) is 5. The quantitative estimate of drug-likeness (QED) is 0.381. The molecule has 1 aromatic rings. The summed E-state index contributed by atoms with van der Waals surface area (Å²) >= 11 is 0. The third-order valence-corrected chi connectivity index (χ3v) is 3.27. The normalized spacial score (nSPS) is 29.2. The molecule has 1 aliphatic heterocycles. The van der Waals surface area contributed by atoms with Gasteiger partial charge in [-0.15, -0.1) is 0 Å². The van der Waals surface area contributed by atoms with E-state index >= 15 is 0 Å². The van der Waals surface area contributed by atoms with Crippen LogP contribution in [0.25, 0.3) is 0 Å². The van der Waals surface area contributed by atoms with Gasteiger partial charge in [-0.2, -0.15) is 4.39 Å². The van der Waals surface area contributed by atoms with E-state index in [-0.39, 0.29) is 0 Å². The summed E-state index contributed by atoms with van der Waals surface area (Å²) < 4.78 is 23.4. The van der Waals surface area contributed by atoms with Gasteiger partial charge < -0.3 is 29.3 Å². The van der Waals surface area contributed by atoms with Crippen LogP contribution in [-0.2, 0) is 9.26 Å². The Kier molecular flexibility index (Phi) is 4.84. The third kappa shape index (κ3) is 3.35. The van der Waals surface area contributed by atoms with E-state index in [1.165, 1.54) is 0 Å². The fraction of sp³-hybridized carbons (Fsp3) is 0.556. The highest BCUT2D eigenvalue weighted by atomic mass is 31.2. The number of halogens is 1. The minimum absolute atomic E-state index is 0.464. The van der Waals surface area contributed by atoms with Gasteiger partial charge in [-0.05, 0) is 0 Å². The highest BCUT2D eigenvalue weighted by Crippen LogP contribution is 2.32. The number of rotatable bonds is 4. The molecule has 0 amide bonds. The Morgan fingerprint density at radius 1 is 1.38 bits per heavy atom. The molecular weight excluding hydrogens is 314 g/mol. The van der Waals surface area contributed by atoms with Gasteiger partial charge in [0.15, 0.2) is 6.23 Å². The van der Waals surface area contributed by atoms with Gasteiger partial charge >= 0.3 is 14.3 Å². The van der Waals surface area contributed by atoms with Gasteiger partial charge in [0.1, 0.15) is 18.3 Å². The molecule has 4 atom stereocenters. The van der Waals surface area contributed by atoms with E-state index < -0.39 is 56.8 Å². The number of aliphatic hydroxyl groups excluding tert-OH is 2. The molecule has 118 valence electrons. The maximum absolute atomic E-state index is 13.2.